The van der Waals surface area contributed by atoms with Crippen LogP contribution in [0.1, 0.15) is 5.89 Å². The fourth-order valence-electron chi connectivity index (χ4n) is 1.99. The SMILES string of the molecule is Cc1nc(-c2ccc(S(=O)(=O)Nc3cnn(C)c3)cc2)co1. The van der Waals surface area contributed by atoms with E-state index in [0.717, 1.165) is 5.56 Å². The third-order valence-corrected chi connectivity index (χ3v) is 4.43. The number of sulfonamides is 1. The van der Waals surface area contributed by atoms with E-state index in [2.05, 4.69) is 14.8 Å². The minimum Gasteiger partial charge on any atom is -0.449 e. The van der Waals surface area contributed by atoms with Gasteiger partial charge in [-0.1, -0.05) is 12.1 Å². The van der Waals surface area contributed by atoms with E-state index in [1.165, 1.54) is 29.3 Å². The lowest BCUT2D eigenvalue weighted by Gasteiger charge is -2.06. The molecule has 0 amide bonds. The molecule has 114 valence electrons. The van der Waals surface area contributed by atoms with Gasteiger partial charge in [-0.2, -0.15) is 5.10 Å². The molecule has 22 heavy (non-hydrogen) atoms. The van der Waals surface area contributed by atoms with E-state index < -0.39 is 10.0 Å². The molecule has 1 aromatic carbocycles. The molecular weight excluding hydrogens is 304 g/mol. The topological polar surface area (TPSA) is 90.0 Å². The number of benzene rings is 1. The molecule has 0 aliphatic heterocycles. The molecule has 3 rings (SSSR count). The molecule has 0 saturated carbocycles. The molecule has 7 nitrogen and oxygen atoms in total. The second-order valence-corrected chi connectivity index (χ2v) is 6.47. The summed E-state index contributed by atoms with van der Waals surface area (Å²) in [6, 6.07) is 6.43. The largest absolute Gasteiger partial charge is 0.449 e. The van der Waals surface area contributed by atoms with Gasteiger partial charge in [0.15, 0.2) is 5.89 Å². The van der Waals surface area contributed by atoms with Crippen molar-refractivity contribution in [3.05, 3.63) is 48.8 Å². The zero-order valence-corrected chi connectivity index (χ0v) is 12.8. The summed E-state index contributed by atoms with van der Waals surface area (Å²) in [6.07, 6.45) is 4.57. The maximum atomic E-state index is 12.3. The first-order valence-corrected chi connectivity index (χ1v) is 7.96. The van der Waals surface area contributed by atoms with Crippen LogP contribution in [0, 0.1) is 6.92 Å². The summed E-state index contributed by atoms with van der Waals surface area (Å²) in [5.74, 6) is 0.560. The molecule has 0 unspecified atom stereocenters. The Morgan fingerprint density at radius 2 is 1.95 bits per heavy atom. The molecular formula is C14H14N4O3S. The molecule has 0 aliphatic rings. The van der Waals surface area contributed by atoms with Gasteiger partial charge < -0.3 is 4.42 Å². The summed E-state index contributed by atoms with van der Waals surface area (Å²) in [4.78, 5) is 4.37. The molecule has 0 aliphatic carbocycles. The van der Waals surface area contributed by atoms with Crippen LogP contribution in [-0.2, 0) is 17.1 Å². The first-order chi connectivity index (χ1) is 10.4. The van der Waals surface area contributed by atoms with Gasteiger partial charge in [0.05, 0.1) is 16.8 Å². The van der Waals surface area contributed by atoms with Crippen LogP contribution < -0.4 is 4.72 Å². The van der Waals surface area contributed by atoms with E-state index in [1.54, 1.807) is 32.3 Å². The molecule has 0 saturated heterocycles. The molecule has 2 aromatic heterocycles. The number of oxazole rings is 1. The molecule has 3 aromatic rings. The van der Waals surface area contributed by atoms with Gasteiger partial charge in [0.1, 0.15) is 12.0 Å². The van der Waals surface area contributed by atoms with Gasteiger partial charge in [-0.25, -0.2) is 13.4 Å². The lowest BCUT2D eigenvalue weighted by molar-refractivity contribution is 0.521. The van der Waals surface area contributed by atoms with Crippen molar-refractivity contribution in [2.24, 2.45) is 7.05 Å². The van der Waals surface area contributed by atoms with Crippen molar-refractivity contribution >= 4 is 15.7 Å². The van der Waals surface area contributed by atoms with Crippen molar-refractivity contribution in [3.8, 4) is 11.3 Å². The van der Waals surface area contributed by atoms with E-state index >= 15 is 0 Å². The Kier molecular flexibility index (Phi) is 3.45. The monoisotopic (exact) mass is 318 g/mol. The minimum absolute atomic E-state index is 0.167. The Bertz CT molecular complexity index is 894. The van der Waals surface area contributed by atoms with Crippen molar-refractivity contribution in [1.29, 1.82) is 0 Å². The summed E-state index contributed by atoms with van der Waals surface area (Å²) in [6.45, 7) is 1.75. The molecule has 0 spiro atoms. The second kappa shape index (κ2) is 5.30. The van der Waals surface area contributed by atoms with Gasteiger partial charge in [0, 0.05) is 25.7 Å². The lowest BCUT2D eigenvalue weighted by atomic mass is 10.2. The Hall–Kier alpha value is -2.61. The van der Waals surface area contributed by atoms with Crippen molar-refractivity contribution < 1.29 is 12.8 Å². The van der Waals surface area contributed by atoms with E-state index in [-0.39, 0.29) is 4.90 Å². The van der Waals surface area contributed by atoms with Crippen molar-refractivity contribution in [3.63, 3.8) is 0 Å². The van der Waals surface area contributed by atoms with Crippen LogP contribution in [0.4, 0.5) is 5.69 Å². The van der Waals surface area contributed by atoms with Gasteiger partial charge in [-0.3, -0.25) is 9.40 Å². The van der Waals surface area contributed by atoms with E-state index in [4.69, 9.17) is 4.42 Å². The molecule has 0 radical (unpaired) electrons. The van der Waals surface area contributed by atoms with E-state index in [1.807, 2.05) is 0 Å². The van der Waals surface area contributed by atoms with Crippen LogP contribution in [0.15, 0.2) is 52.2 Å². The molecule has 2 heterocycles. The number of rotatable bonds is 4. The minimum atomic E-state index is -3.64. The number of hydrogen-bond acceptors (Lipinski definition) is 5. The lowest BCUT2D eigenvalue weighted by Crippen LogP contribution is -2.12. The Labute approximate surface area is 127 Å². The van der Waals surface area contributed by atoms with Crippen LogP contribution in [-0.4, -0.2) is 23.2 Å². The normalized spacial score (nSPS) is 11.5. The number of anilines is 1. The summed E-state index contributed by atoms with van der Waals surface area (Å²) in [5, 5.41) is 3.92. The van der Waals surface area contributed by atoms with Crippen LogP contribution in [0.3, 0.4) is 0 Å². The highest BCUT2D eigenvalue weighted by Gasteiger charge is 2.15. The number of nitrogens with one attached hydrogen (secondary N) is 1. The Morgan fingerprint density at radius 1 is 1.23 bits per heavy atom. The molecule has 0 fully saturated rings. The van der Waals surface area contributed by atoms with E-state index in [0.29, 0.717) is 17.3 Å². The first-order valence-electron chi connectivity index (χ1n) is 6.48. The van der Waals surface area contributed by atoms with E-state index in [9.17, 15) is 8.42 Å². The zero-order valence-electron chi connectivity index (χ0n) is 12.0. The summed E-state index contributed by atoms with van der Waals surface area (Å²) < 4.78 is 33.7. The highest BCUT2D eigenvalue weighted by Crippen LogP contribution is 2.22. The third kappa shape index (κ3) is 2.86. The van der Waals surface area contributed by atoms with Crippen LogP contribution in [0.5, 0.6) is 0 Å². The van der Waals surface area contributed by atoms with Gasteiger partial charge in [0.25, 0.3) is 10.0 Å². The zero-order chi connectivity index (χ0) is 15.7. The summed E-state index contributed by atoms with van der Waals surface area (Å²) in [7, 11) is -1.93. The van der Waals surface area contributed by atoms with Crippen molar-refractivity contribution in [1.82, 2.24) is 14.8 Å². The molecule has 0 atom stereocenters. The maximum Gasteiger partial charge on any atom is 0.261 e. The fourth-order valence-corrected chi connectivity index (χ4v) is 3.02. The van der Waals surface area contributed by atoms with Gasteiger partial charge in [-0.15, -0.1) is 0 Å². The number of aryl methyl sites for hydroxylation is 2. The second-order valence-electron chi connectivity index (χ2n) is 4.78. The highest BCUT2D eigenvalue weighted by molar-refractivity contribution is 7.92. The molecule has 8 heteroatoms. The van der Waals surface area contributed by atoms with Gasteiger partial charge >= 0.3 is 0 Å². The third-order valence-electron chi connectivity index (χ3n) is 3.04. The summed E-state index contributed by atoms with van der Waals surface area (Å²) >= 11 is 0. The van der Waals surface area contributed by atoms with Gasteiger partial charge in [0.2, 0.25) is 0 Å². The van der Waals surface area contributed by atoms with Crippen LogP contribution >= 0.6 is 0 Å². The average Bonchev–Trinajstić information content (AvgIpc) is 3.07. The predicted molar refractivity (Wildman–Crippen MR) is 80.7 cm³/mol. The fraction of sp³-hybridized carbons (Fsp3) is 0.143. The number of aromatic nitrogens is 3. The smallest absolute Gasteiger partial charge is 0.261 e. The first kappa shape index (κ1) is 14.3. The number of hydrogen-bond donors (Lipinski definition) is 1. The van der Waals surface area contributed by atoms with Gasteiger partial charge in [-0.05, 0) is 12.1 Å². The van der Waals surface area contributed by atoms with Crippen LogP contribution in [0.2, 0.25) is 0 Å². The predicted octanol–water partition coefficient (Wildman–Crippen LogP) is 2.18. The Balaban J connectivity index is 1.85. The quantitative estimate of drug-likeness (QED) is 0.796. The number of nitrogens with zero attached hydrogens (tertiary/aromatic N) is 3. The van der Waals surface area contributed by atoms with Crippen LogP contribution in [0.25, 0.3) is 11.3 Å². The molecule has 0 bridgehead atoms. The standard InChI is InChI=1S/C14H14N4O3S/c1-10-16-14(9-21-10)11-3-5-13(6-4-11)22(19,20)17-12-7-15-18(2)8-12/h3-9,17H,1-2H3. The Morgan fingerprint density at radius 3 is 2.50 bits per heavy atom. The van der Waals surface area contributed by atoms with Crippen molar-refractivity contribution in [2.75, 3.05) is 4.72 Å². The summed E-state index contributed by atoms with van der Waals surface area (Å²) in [5.41, 5.74) is 1.87. The average molecular weight is 318 g/mol. The van der Waals surface area contributed by atoms with Crippen molar-refractivity contribution in [2.45, 2.75) is 11.8 Å². The highest BCUT2D eigenvalue weighted by atomic mass is 32.2. The maximum absolute atomic E-state index is 12.3. The molecule has 1 N–H and O–H groups in total.